The molecule has 0 spiro atoms. The van der Waals surface area contributed by atoms with Gasteiger partial charge in [0.15, 0.2) is 0 Å². The van der Waals surface area contributed by atoms with E-state index in [4.69, 9.17) is 9.97 Å². The molecule has 8 nitrogen and oxygen atoms in total. The Morgan fingerprint density at radius 1 is 0.327 bits per heavy atom. The summed E-state index contributed by atoms with van der Waals surface area (Å²) in [6.45, 7) is 0. The minimum Gasteiger partial charge on any atom is -0.254 e. The number of aromatic nitrogens is 8. The molecule has 0 atom stereocenters. The molecule has 0 aliphatic heterocycles. The van der Waals surface area contributed by atoms with E-state index < -0.39 is 0 Å². The van der Waals surface area contributed by atoms with Gasteiger partial charge in [0.1, 0.15) is 0 Å². The summed E-state index contributed by atoms with van der Waals surface area (Å²) in [7, 11) is 0. The van der Waals surface area contributed by atoms with E-state index >= 15 is 0 Å². The SMILES string of the molecule is Brc1ccc2nc3c4cccnc4c4ncccc4c3nc2c1.[Ru].c1cnc2c(c1)ccc1cccnc12.c1cnc2c(c1)ccc1cccnc12. The van der Waals surface area contributed by atoms with Crippen LogP contribution in [0.4, 0.5) is 0 Å². The summed E-state index contributed by atoms with van der Waals surface area (Å²) < 4.78 is 0.989. The quantitative estimate of drug-likeness (QED) is 0.0846. The summed E-state index contributed by atoms with van der Waals surface area (Å²) in [5.74, 6) is 0. The molecule has 0 bridgehead atoms. The molecule has 7 aromatic heterocycles. The van der Waals surface area contributed by atoms with Gasteiger partial charge in [-0.15, -0.1) is 0 Å². The van der Waals surface area contributed by atoms with Crippen molar-refractivity contribution in [3.8, 4) is 0 Å². The van der Waals surface area contributed by atoms with Crippen LogP contribution in [0.15, 0.2) is 157 Å². The Morgan fingerprint density at radius 3 is 1.08 bits per heavy atom. The van der Waals surface area contributed by atoms with Crippen molar-refractivity contribution >= 4 is 103 Å². The minimum atomic E-state index is 0. The third-order valence-electron chi connectivity index (χ3n) is 8.67. The molecule has 0 saturated heterocycles. The molecule has 0 amide bonds. The smallest absolute Gasteiger partial charge is 0.0996 e. The zero-order valence-corrected chi connectivity index (χ0v) is 30.6. The van der Waals surface area contributed by atoms with Crippen LogP contribution in [0.25, 0.3) is 87.5 Å². The number of pyridine rings is 6. The number of fused-ring (bicyclic) bond motifs is 13. The fraction of sp³-hybridized carbons (Fsp3) is 0. The van der Waals surface area contributed by atoms with Gasteiger partial charge >= 0.3 is 0 Å². The largest absolute Gasteiger partial charge is 0.254 e. The molecular formula is C42H25BrN8Ru. The van der Waals surface area contributed by atoms with E-state index in [2.05, 4.69) is 94.4 Å². The van der Waals surface area contributed by atoms with Gasteiger partial charge in [0.2, 0.25) is 0 Å². The molecule has 0 aliphatic carbocycles. The van der Waals surface area contributed by atoms with Crippen LogP contribution in [0.5, 0.6) is 0 Å². The third kappa shape index (κ3) is 6.17. The summed E-state index contributed by atoms with van der Waals surface area (Å²) in [4.78, 5) is 36.1. The second-order valence-electron chi connectivity index (χ2n) is 11.8. The normalized spacial score (nSPS) is 11.0. The van der Waals surface area contributed by atoms with Gasteiger partial charge in [-0.2, -0.15) is 0 Å². The Bertz CT molecular complexity index is 2860. The van der Waals surface area contributed by atoms with Crippen molar-refractivity contribution in [2.75, 3.05) is 0 Å². The minimum absolute atomic E-state index is 0. The van der Waals surface area contributed by atoms with Crippen molar-refractivity contribution in [1.82, 2.24) is 39.9 Å². The maximum atomic E-state index is 4.86. The molecule has 11 rings (SSSR count). The van der Waals surface area contributed by atoms with Crippen molar-refractivity contribution in [3.05, 3.63) is 157 Å². The predicted octanol–water partition coefficient (Wildman–Crippen LogP) is 10.2. The zero-order valence-electron chi connectivity index (χ0n) is 27.2. The zero-order chi connectivity index (χ0) is 34.1. The third-order valence-corrected chi connectivity index (χ3v) is 9.16. The van der Waals surface area contributed by atoms with E-state index in [1.54, 1.807) is 37.2 Å². The van der Waals surface area contributed by atoms with Gasteiger partial charge in [-0.3, -0.25) is 29.9 Å². The molecule has 4 aromatic carbocycles. The molecule has 0 radical (unpaired) electrons. The summed E-state index contributed by atoms with van der Waals surface area (Å²) >= 11 is 3.50. The maximum absolute atomic E-state index is 4.86. The standard InChI is InChI=1S/C18H9BrN4.2C12H8N2.Ru/c19-10-5-6-13-14(9-10)23-18-12-4-2-8-21-16(12)15-11(17(18)22-13)3-1-7-20-15;2*1-3-9-5-6-10-4-2-8-14-12(10)11(9)13-7-1;/h1-9H;2*1-8H;. The van der Waals surface area contributed by atoms with Crippen molar-refractivity contribution < 1.29 is 19.5 Å². The topological polar surface area (TPSA) is 103 Å². The number of hydrogen-bond donors (Lipinski definition) is 0. The first-order chi connectivity index (χ1) is 25.2. The molecule has 248 valence electrons. The van der Waals surface area contributed by atoms with Crippen LogP contribution in [-0.4, -0.2) is 39.9 Å². The molecular weight excluding hydrogens is 797 g/mol. The van der Waals surface area contributed by atoms with Crippen LogP contribution in [0, 0.1) is 0 Å². The monoisotopic (exact) mass is 822 g/mol. The Balaban J connectivity index is 0.000000116. The van der Waals surface area contributed by atoms with Gasteiger partial charge in [-0.25, -0.2) is 9.97 Å². The summed E-state index contributed by atoms with van der Waals surface area (Å²) in [6, 6.07) is 38.1. The second-order valence-corrected chi connectivity index (χ2v) is 12.7. The van der Waals surface area contributed by atoms with Gasteiger partial charge in [0.05, 0.1) is 55.2 Å². The number of benzene rings is 4. The van der Waals surface area contributed by atoms with E-state index in [0.717, 1.165) is 92.0 Å². The summed E-state index contributed by atoms with van der Waals surface area (Å²) in [5.41, 5.74) is 9.09. The van der Waals surface area contributed by atoms with Crippen molar-refractivity contribution in [1.29, 1.82) is 0 Å². The van der Waals surface area contributed by atoms with E-state index in [9.17, 15) is 0 Å². The predicted molar refractivity (Wildman–Crippen MR) is 209 cm³/mol. The molecule has 52 heavy (non-hydrogen) atoms. The molecule has 10 heteroatoms. The average molecular weight is 823 g/mol. The molecule has 0 aliphatic rings. The van der Waals surface area contributed by atoms with Crippen molar-refractivity contribution in [2.45, 2.75) is 0 Å². The van der Waals surface area contributed by atoms with Crippen molar-refractivity contribution in [3.63, 3.8) is 0 Å². The van der Waals surface area contributed by atoms with E-state index in [1.807, 2.05) is 66.7 Å². The Labute approximate surface area is 318 Å². The number of hydrogen-bond acceptors (Lipinski definition) is 8. The first-order valence-corrected chi connectivity index (χ1v) is 17.1. The van der Waals surface area contributed by atoms with Crippen LogP contribution in [0.2, 0.25) is 0 Å². The number of rotatable bonds is 0. The van der Waals surface area contributed by atoms with Crippen LogP contribution >= 0.6 is 15.9 Å². The first-order valence-electron chi connectivity index (χ1n) is 16.3. The van der Waals surface area contributed by atoms with Gasteiger partial charge in [-0.05, 0) is 66.7 Å². The average Bonchev–Trinajstić information content (AvgIpc) is 3.21. The van der Waals surface area contributed by atoms with Crippen LogP contribution in [0.1, 0.15) is 0 Å². The molecule has 11 aromatic rings. The Kier molecular flexibility index (Phi) is 9.16. The Morgan fingerprint density at radius 2 is 0.673 bits per heavy atom. The molecule has 0 fully saturated rings. The van der Waals surface area contributed by atoms with Crippen molar-refractivity contribution in [2.24, 2.45) is 0 Å². The van der Waals surface area contributed by atoms with Gasteiger partial charge in [0.25, 0.3) is 0 Å². The molecule has 0 unspecified atom stereocenters. The van der Waals surface area contributed by atoms with Crippen LogP contribution in [-0.2, 0) is 19.5 Å². The summed E-state index contributed by atoms with van der Waals surface area (Å²) in [5, 5.41) is 6.50. The first kappa shape index (κ1) is 33.2. The molecule has 0 N–H and O–H groups in total. The number of halogens is 1. The van der Waals surface area contributed by atoms with Crippen LogP contribution < -0.4 is 0 Å². The van der Waals surface area contributed by atoms with Gasteiger partial charge in [0, 0.05) is 93.4 Å². The fourth-order valence-corrected chi connectivity index (χ4v) is 6.68. The van der Waals surface area contributed by atoms with E-state index in [1.165, 1.54) is 0 Å². The second kappa shape index (κ2) is 14.3. The summed E-state index contributed by atoms with van der Waals surface area (Å²) in [6.07, 6.45) is 10.8. The fourth-order valence-electron chi connectivity index (χ4n) is 6.33. The molecule has 7 heterocycles. The van der Waals surface area contributed by atoms with Crippen LogP contribution in [0.3, 0.4) is 0 Å². The Hall–Kier alpha value is -5.96. The number of nitrogens with zero attached hydrogens (tertiary/aromatic N) is 8. The maximum Gasteiger partial charge on any atom is 0.0996 e. The van der Waals surface area contributed by atoms with Gasteiger partial charge in [-0.1, -0.05) is 64.5 Å². The van der Waals surface area contributed by atoms with Gasteiger partial charge < -0.3 is 0 Å². The molecule has 0 saturated carbocycles. The van der Waals surface area contributed by atoms with E-state index in [-0.39, 0.29) is 19.5 Å². The van der Waals surface area contributed by atoms with E-state index in [0.29, 0.717) is 0 Å².